The lowest BCUT2D eigenvalue weighted by Gasteiger charge is -2.36. The Balaban J connectivity index is 0.00000300. The van der Waals surface area contributed by atoms with Crippen LogP contribution in [0.2, 0.25) is 0 Å². The van der Waals surface area contributed by atoms with Gasteiger partial charge < -0.3 is 15.5 Å². The van der Waals surface area contributed by atoms with E-state index in [0.29, 0.717) is 6.04 Å². The third kappa shape index (κ3) is 7.19. The quantitative estimate of drug-likeness (QED) is 0.356. The Labute approximate surface area is 192 Å². The normalized spacial score (nSPS) is 15.2. The number of anilines is 1. The van der Waals surface area contributed by atoms with Crippen molar-refractivity contribution >= 4 is 35.6 Å². The van der Waals surface area contributed by atoms with Crippen LogP contribution in [0.5, 0.6) is 0 Å². The molecule has 5 nitrogen and oxygen atoms in total. The minimum absolute atomic E-state index is 0. The Kier molecular flexibility index (Phi) is 9.73. The monoisotopic (exact) mass is 507 g/mol. The zero-order valence-corrected chi connectivity index (χ0v) is 20.1. The van der Waals surface area contributed by atoms with Gasteiger partial charge in [-0.1, -0.05) is 42.5 Å². The average Bonchev–Trinajstić information content (AvgIpc) is 2.73. The molecule has 1 aliphatic heterocycles. The van der Waals surface area contributed by atoms with Gasteiger partial charge in [0.2, 0.25) is 0 Å². The summed E-state index contributed by atoms with van der Waals surface area (Å²) in [5.41, 5.74) is 4.05. The molecule has 3 rings (SSSR count). The molecule has 1 heterocycles. The smallest absolute Gasteiger partial charge is 0.191 e. The number of hydrogen-bond donors (Lipinski definition) is 2. The molecule has 2 aromatic carbocycles. The summed E-state index contributed by atoms with van der Waals surface area (Å²) in [6.45, 7) is 10.4. The highest BCUT2D eigenvalue weighted by molar-refractivity contribution is 14.0. The molecule has 29 heavy (non-hydrogen) atoms. The summed E-state index contributed by atoms with van der Waals surface area (Å²) in [7, 11) is 1.82. The maximum absolute atomic E-state index is 4.30. The molecule has 0 atom stereocenters. The van der Waals surface area contributed by atoms with Crippen LogP contribution in [-0.2, 0) is 13.1 Å². The van der Waals surface area contributed by atoms with Crippen LogP contribution in [0.3, 0.4) is 0 Å². The predicted molar refractivity (Wildman–Crippen MR) is 134 cm³/mol. The lowest BCUT2D eigenvalue weighted by molar-refractivity contribution is 0.249. The SMILES string of the molecule is CN=C(NCc1ccccc1CN1CCN(c2ccccc2)CC1)NC(C)C.I. The van der Waals surface area contributed by atoms with Gasteiger partial charge in [-0.15, -0.1) is 24.0 Å². The van der Waals surface area contributed by atoms with E-state index < -0.39 is 0 Å². The number of halogens is 1. The fourth-order valence-corrected chi connectivity index (χ4v) is 3.58. The van der Waals surface area contributed by atoms with E-state index in [2.05, 4.69) is 93.9 Å². The largest absolute Gasteiger partial charge is 0.369 e. The minimum atomic E-state index is 0. The number of hydrogen-bond acceptors (Lipinski definition) is 3. The first-order valence-corrected chi connectivity index (χ1v) is 10.2. The molecule has 1 fully saturated rings. The highest BCUT2D eigenvalue weighted by atomic mass is 127. The molecule has 158 valence electrons. The summed E-state index contributed by atoms with van der Waals surface area (Å²) in [6, 6.07) is 19.8. The molecule has 6 heteroatoms. The van der Waals surface area contributed by atoms with Crippen molar-refractivity contribution in [1.29, 1.82) is 0 Å². The maximum atomic E-state index is 4.30. The predicted octanol–water partition coefficient (Wildman–Crippen LogP) is 3.70. The van der Waals surface area contributed by atoms with Crippen molar-refractivity contribution in [3.63, 3.8) is 0 Å². The number of rotatable bonds is 6. The molecule has 1 saturated heterocycles. The highest BCUT2D eigenvalue weighted by Crippen LogP contribution is 2.18. The van der Waals surface area contributed by atoms with Crippen molar-refractivity contribution in [2.75, 3.05) is 38.1 Å². The fourth-order valence-electron chi connectivity index (χ4n) is 3.58. The summed E-state index contributed by atoms with van der Waals surface area (Å²) < 4.78 is 0. The standard InChI is InChI=1S/C23H33N5.HI/c1-19(2)26-23(24-3)25-17-20-9-7-8-10-21(20)18-27-13-15-28(16-14-27)22-11-5-4-6-12-22;/h4-12,19H,13-18H2,1-3H3,(H2,24,25,26);1H. The Bertz CT molecular complexity index is 755. The lowest BCUT2D eigenvalue weighted by Crippen LogP contribution is -2.46. The summed E-state index contributed by atoms with van der Waals surface area (Å²) in [4.78, 5) is 9.34. The van der Waals surface area contributed by atoms with Gasteiger partial charge >= 0.3 is 0 Å². The molecule has 2 aromatic rings. The van der Waals surface area contributed by atoms with E-state index in [4.69, 9.17) is 0 Å². The Morgan fingerprint density at radius 1 is 0.931 bits per heavy atom. The van der Waals surface area contributed by atoms with Gasteiger partial charge in [-0.05, 0) is 37.1 Å². The van der Waals surface area contributed by atoms with Crippen LogP contribution in [0.15, 0.2) is 59.6 Å². The van der Waals surface area contributed by atoms with Crippen molar-refractivity contribution in [2.45, 2.75) is 33.0 Å². The van der Waals surface area contributed by atoms with Crippen LogP contribution < -0.4 is 15.5 Å². The Hall–Kier alpha value is -1.80. The van der Waals surface area contributed by atoms with E-state index >= 15 is 0 Å². The molecule has 0 radical (unpaired) electrons. The maximum Gasteiger partial charge on any atom is 0.191 e. The fraction of sp³-hybridized carbons (Fsp3) is 0.435. The number of nitrogens with one attached hydrogen (secondary N) is 2. The second-order valence-electron chi connectivity index (χ2n) is 7.59. The van der Waals surface area contributed by atoms with Crippen LogP contribution >= 0.6 is 24.0 Å². The first-order chi connectivity index (χ1) is 13.7. The molecule has 0 bridgehead atoms. The van der Waals surface area contributed by atoms with Gasteiger partial charge in [-0.3, -0.25) is 9.89 Å². The first kappa shape index (κ1) is 23.5. The molecule has 1 aliphatic rings. The van der Waals surface area contributed by atoms with Crippen molar-refractivity contribution in [2.24, 2.45) is 4.99 Å². The molecular formula is C23H34IN5. The van der Waals surface area contributed by atoms with Gasteiger partial charge in [-0.25, -0.2) is 0 Å². The van der Waals surface area contributed by atoms with E-state index in [1.54, 1.807) is 0 Å². The van der Waals surface area contributed by atoms with E-state index in [1.165, 1.54) is 16.8 Å². The Morgan fingerprint density at radius 3 is 2.17 bits per heavy atom. The molecule has 0 amide bonds. The summed E-state index contributed by atoms with van der Waals surface area (Å²) >= 11 is 0. The minimum Gasteiger partial charge on any atom is -0.369 e. The molecule has 0 aromatic heterocycles. The number of aliphatic imine (C=N–C) groups is 1. The molecular weight excluding hydrogens is 473 g/mol. The van der Waals surface area contributed by atoms with E-state index in [1.807, 2.05) is 7.05 Å². The zero-order valence-electron chi connectivity index (χ0n) is 17.8. The molecule has 2 N–H and O–H groups in total. The van der Waals surface area contributed by atoms with Gasteiger partial charge in [0.1, 0.15) is 0 Å². The number of para-hydroxylation sites is 1. The lowest BCUT2D eigenvalue weighted by atomic mass is 10.1. The summed E-state index contributed by atoms with van der Waals surface area (Å²) in [6.07, 6.45) is 0. The van der Waals surface area contributed by atoms with Crippen LogP contribution in [0.1, 0.15) is 25.0 Å². The van der Waals surface area contributed by atoms with Gasteiger partial charge in [-0.2, -0.15) is 0 Å². The second kappa shape index (κ2) is 12.0. The van der Waals surface area contributed by atoms with Crippen LogP contribution in [0, 0.1) is 0 Å². The summed E-state index contributed by atoms with van der Waals surface area (Å²) in [5.74, 6) is 0.848. The third-order valence-electron chi connectivity index (χ3n) is 5.10. The van der Waals surface area contributed by atoms with Gasteiger partial charge in [0.05, 0.1) is 0 Å². The van der Waals surface area contributed by atoms with E-state index in [9.17, 15) is 0 Å². The van der Waals surface area contributed by atoms with Crippen molar-refractivity contribution in [1.82, 2.24) is 15.5 Å². The topological polar surface area (TPSA) is 42.9 Å². The van der Waals surface area contributed by atoms with Gasteiger partial charge in [0.25, 0.3) is 0 Å². The number of nitrogens with zero attached hydrogens (tertiary/aromatic N) is 3. The van der Waals surface area contributed by atoms with Crippen LogP contribution in [0.25, 0.3) is 0 Å². The molecule has 0 unspecified atom stereocenters. The van der Waals surface area contributed by atoms with Gasteiger partial charge in [0.15, 0.2) is 5.96 Å². The summed E-state index contributed by atoms with van der Waals surface area (Å²) in [5, 5.41) is 6.78. The molecule has 0 aliphatic carbocycles. The van der Waals surface area contributed by atoms with Gasteiger partial charge in [0, 0.05) is 58.0 Å². The number of piperazine rings is 1. The van der Waals surface area contributed by atoms with Crippen molar-refractivity contribution < 1.29 is 0 Å². The second-order valence-corrected chi connectivity index (χ2v) is 7.59. The highest BCUT2D eigenvalue weighted by Gasteiger charge is 2.18. The van der Waals surface area contributed by atoms with Crippen molar-refractivity contribution in [3.8, 4) is 0 Å². The van der Waals surface area contributed by atoms with E-state index in [0.717, 1.165) is 45.2 Å². The Morgan fingerprint density at radius 2 is 1.55 bits per heavy atom. The van der Waals surface area contributed by atoms with Crippen LogP contribution in [-0.4, -0.2) is 50.1 Å². The van der Waals surface area contributed by atoms with Crippen molar-refractivity contribution in [3.05, 3.63) is 65.7 Å². The first-order valence-electron chi connectivity index (χ1n) is 10.2. The number of guanidine groups is 1. The van der Waals surface area contributed by atoms with E-state index in [-0.39, 0.29) is 24.0 Å². The average molecular weight is 507 g/mol. The zero-order chi connectivity index (χ0) is 19.8. The third-order valence-corrected chi connectivity index (χ3v) is 5.10. The van der Waals surface area contributed by atoms with Crippen LogP contribution in [0.4, 0.5) is 5.69 Å². The number of benzene rings is 2. The molecule has 0 saturated carbocycles. The molecule has 0 spiro atoms.